The Morgan fingerprint density at radius 1 is 1.44 bits per heavy atom. The summed E-state index contributed by atoms with van der Waals surface area (Å²) >= 11 is 0. The average Bonchev–Trinajstić information content (AvgIpc) is 2.17. The molecule has 4 N–H and O–H groups in total. The van der Waals surface area contributed by atoms with Gasteiger partial charge >= 0.3 is 0 Å². The highest BCUT2D eigenvalue weighted by Gasteiger charge is 2.26. The standard InChI is InChI=1S/C9H19N3O3S/c1-7(16(11,14)15)6-12-4-2-8(3-5-12)9(10)13/h7-8H,2-6H2,1H3,(H2,10,13)(H2,11,14,15). The number of nitrogens with zero attached hydrogens (tertiary/aromatic N) is 1. The number of primary sulfonamides is 1. The molecule has 1 rings (SSSR count). The Kier molecular flexibility index (Phi) is 4.28. The van der Waals surface area contributed by atoms with Crippen molar-refractivity contribution < 1.29 is 13.2 Å². The number of hydrogen-bond acceptors (Lipinski definition) is 4. The van der Waals surface area contributed by atoms with E-state index in [0.29, 0.717) is 32.5 Å². The number of rotatable bonds is 4. The van der Waals surface area contributed by atoms with Gasteiger partial charge in [-0.15, -0.1) is 0 Å². The summed E-state index contributed by atoms with van der Waals surface area (Å²) < 4.78 is 22.1. The van der Waals surface area contributed by atoms with Crippen LogP contribution in [0.1, 0.15) is 19.8 Å². The van der Waals surface area contributed by atoms with Crippen LogP contribution in [0.3, 0.4) is 0 Å². The number of carbonyl (C=O) groups excluding carboxylic acids is 1. The number of piperidine rings is 1. The molecule has 1 aliphatic heterocycles. The van der Waals surface area contributed by atoms with E-state index in [1.54, 1.807) is 6.92 Å². The van der Waals surface area contributed by atoms with Crippen molar-refractivity contribution >= 4 is 15.9 Å². The molecule has 94 valence electrons. The van der Waals surface area contributed by atoms with Gasteiger partial charge in [0.1, 0.15) is 0 Å². The first-order chi connectivity index (χ1) is 7.30. The molecule has 1 amide bonds. The fourth-order valence-electron chi connectivity index (χ4n) is 1.87. The normalized spacial score (nSPS) is 21.9. The zero-order valence-corrected chi connectivity index (χ0v) is 10.2. The van der Waals surface area contributed by atoms with Crippen molar-refractivity contribution in [1.82, 2.24) is 4.90 Å². The minimum Gasteiger partial charge on any atom is -0.369 e. The van der Waals surface area contributed by atoms with E-state index >= 15 is 0 Å². The van der Waals surface area contributed by atoms with E-state index in [4.69, 9.17) is 10.9 Å². The van der Waals surface area contributed by atoms with Crippen LogP contribution < -0.4 is 10.9 Å². The molecule has 1 heterocycles. The first kappa shape index (κ1) is 13.4. The smallest absolute Gasteiger partial charge is 0.220 e. The van der Waals surface area contributed by atoms with Gasteiger partial charge < -0.3 is 10.6 Å². The minimum atomic E-state index is -3.47. The van der Waals surface area contributed by atoms with Crippen molar-refractivity contribution in [2.45, 2.75) is 25.0 Å². The van der Waals surface area contributed by atoms with Crippen molar-refractivity contribution in [2.24, 2.45) is 16.8 Å². The zero-order valence-electron chi connectivity index (χ0n) is 9.43. The molecule has 0 spiro atoms. The number of primary amides is 1. The van der Waals surface area contributed by atoms with Crippen LogP contribution in [0.2, 0.25) is 0 Å². The molecule has 0 aromatic carbocycles. The van der Waals surface area contributed by atoms with E-state index in [1.807, 2.05) is 4.90 Å². The zero-order chi connectivity index (χ0) is 12.3. The SMILES string of the molecule is CC(CN1CCC(C(N)=O)CC1)S(N)(=O)=O. The second-order valence-electron chi connectivity index (χ2n) is 4.38. The highest BCUT2D eigenvalue weighted by molar-refractivity contribution is 7.89. The van der Waals surface area contributed by atoms with Gasteiger partial charge in [-0.1, -0.05) is 0 Å². The van der Waals surface area contributed by atoms with Gasteiger partial charge in [-0.2, -0.15) is 0 Å². The Morgan fingerprint density at radius 2 is 1.94 bits per heavy atom. The van der Waals surface area contributed by atoms with E-state index in [-0.39, 0.29) is 11.8 Å². The molecule has 0 aliphatic carbocycles. The number of amides is 1. The second-order valence-corrected chi connectivity index (χ2v) is 6.36. The van der Waals surface area contributed by atoms with E-state index < -0.39 is 15.3 Å². The van der Waals surface area contributed by atoms with Gasteiger partial charge in [0.2, 0.25) is 15.9 Å². The van der Waals surface area contributed by atoms with Crippen LogP contribution in [-0.2, 0) is 14.8 Å². The quantitative estimate of drug-likeness (QED) is 0.656. The third-order valence-electron chi connectivity index (χ3n) is 3.07. The molecule has 0 saturated carbocycles. The lowest BCUT2D eigenvalue weighted by atomic mass is 9.96. The molecule has 6 nitrogen and oxygen atoms in total. The molecule has 0 radical (unpaired) electrons. The predicted octanol–water partition coefficient (Wildman–Crippen LogP) is -1.14. The maximum atomic E-state index is 11.1. The lowest BCUT2D eigenvalue weighted by Crippen LogP contribution is -2.44. The summed E-state index contributed by atoms with van der Waals surface area (Å²) in [7, 11) is -3.47. The van der Waals surface area contributed by atoms with Crippen molar-refractivity contribution in [3.8, 4) is 0 Å². The number of nitrogens with two attached hydrogens (primary N) is 2. The van der Waals surface area contributed by atoms with Gasteiger partial charge in [0, 0.05) is 12.5 Å². The average molecular weight is 249 g/mol. The Morgan fingerprint density at radius 3 is 2.31 bits per heavy atom. The number of likely N-dealkylation sites (tertiary alicyclic amines) is 1. The number of carbonyl (C=O) groups is 1. The van der Waals surface area contributed by atoms with Crippen LogP contribution in [0.4, 0.5) is 0 Å². The molecule has 1 saturated heterocycles. The van der Waals surface area contributed by atoms with Crippen LogP contribution >= 0.6 is 0 Å². The molecule has 16 heavy (non-hydrogen) atoms. The highest BCUT2D eigenvalue weighted by atomic mass is 32.2. The minimum absolute atomic E-state index is 0.0685. The highest BCUT2D eigenvalue weighted by Crippen LogP contribution is 2.17. The molecule has 0 aromatic heterocycles. The predicted molar refractivity (Wildman–Crippen MR) is 60.9 cm³/mol. The first-order valence-corrected chi connectivity index (χ1v) is 6.95. The van der Waals surface area contributed by atoms with Gasteiger partial charge in [0.15, 0.2) is 0 Å². The summed E-state index contributed by atoms with van der Waals surface area (Å²) in [6.07, 6.45) is 1.40. The summed E-state index contributed by atoms with van der Waals surface area (Å²) in [6, 6.07) is 0. The summed E-state index contributed by atoms with van der Waals surface area (Å²) in [5.74, 6) is -0.333. The third-order valence-corrected chi connectivity index (χ3v) is 4.34. The topological polar surface area (TPSA) is 106 Å². The molecule has 1 fully saturated rings. The Balaban J connectivity index is 2.41. The van der Waals surface area contributed by atoms with E-state index in [0.717, 1.165) is 0 Å². The number of sulfonamides is 1. The molecular weight excluding hydrogens is 230 g/mol. The van der Waals surface area contributed by atoms with Crippen molar-refractivity contribution in [2.75, 3.05) is 19.6 Å². The number of hydrogen-bond donors (Lipinski definition) is 2. The van der Waals surface area contributed by atoms with E-state index in [9.17, 15) is 13.2 Å². The fraction of sp³-hybridized carbons (Fsp3) is 0.889. The van der Waals surface area contributed by atoms with Gasteiger partial charge in [0.05, 0.1) is 5.25 Å². The van der Waals surface area contributed by atoms with Gasteiger partial charge in [-0.25, -0.2) is 13.6 Å². The summed E-state index contributed by atoms with van der Waals surface area (Å²) in [5.41, 5.74) is 5.21. The van der Waals surface area contributed by atoms with Crippen LogP contribution in [0.25, 0.3) is 0 Å². The summed E-state index contributed by atoms with van der Waals surface area (Å²) in [6.45, 7) is 3.42. The van der Waals surface area contributed by atoms with Crippen LogP contribution in [-0.4, -0.2) is 44.1 Å². The van der Waals surface area contributed by atoms with Gasteiger partial charge in [-0.3, -0.25) is 4.79 Å². The summed E-state index contributed by atoms with van der Waals surface area (Å²) in [4.78, 5) is 12.9. The Hall–Kier alpha value is -0.660. The van der Waals surface area contributed by atoms with Crippen molar-refractivity contribution in [1.29, 1.82) is 0 Å². The fourth-order valence-corrected chi connectivity index (χ4v) is 2.29. The van der Waals surface area contributed by atoms with Crippen LogP contribution in [0, 0.1) is 5.92 Å². The molecule has 1 aliphatic rings. The van der Waals surface area contributed by atoms with Gasteiger partial charge in [-0.05, 0) is 32.9 Å². The van der Waals surface area contributed by atoms with Crippen molar-refractivity contribution in [3.05, 3.63) is 0 Å². The lowest BCUT2D eigenvalue weighted by molar-refractivity contribution is -0.123. The van der Waals surface area contributed by atoms with Crippen molar-refractivity contribution in [3.63, 3.8) is 0 Å². The second kappa shape index (κ2) is 5.11. The Labute approximate surface area is 96.0 Å². The monoisotopic (exact) mass is 249 g/mol. The molecule has 0 aromatic rings. The molecule has 1 atom stereocenters. The van der Waals surface area contributed by atoms with E-state index in [2.05, 4.69) is 0 Å². The molecular formula is C9H19N3O3S. The van der Waals surface area contributed by atoms with Gasteiger partial charge in [0.25, 0.3) is 0 Å². The summed E-state index contributed by atoms with van der Waals surface area (Å²) in [5, 5.41) is 4.47. The lowest BCUT2D eigenvalue weighted by Gasteiger charge is -2.31. The van der Waals surface area contributed by atoms with Crippen LogP contribution in [0.15, 0.2) is 0 Å². The molecule has 0 bridgehead atoms. The van der Waals surface area contributed by atoms with Crippen LogP contribution in [0.5, 0.6) is 0 Å². The third kappa shape index (κ3) is 3.73. The maximum absolute atomic E-state index is 11.1. The maximum Gasteiger partial charge on any atom is 0.220 e. The Bertz CT molecular complexity index is 347. The molecule has 7 heteroatoms. The van der Waals surface area contributed by atoms with E-state index in [1.165, 1.54) is 0 Å². The first-order valence-electron chi connectivity index (χ1n) is 5.34. The molecule has 1 unspecified atom stereocenters. The largest absolute Gasteiger partial charge is 0.369 e.